The van der Waals surface area contributed by atoms with E-state index in [1.165, 1.54) is 11.1 Å². The first kappa shape index (κ1) is 37.8. The number of hydrogen-bond acceptors (Lipinski definition) is 8. The molecule has 0 radical (unpaired) electrons. The molecule has 12 heteroatoms. The van der Waals surface area contributed by atoms with Crippen LogP contribution in [0, 0.1) is 17.8 Å². The number of nitrogens with zero attached hydrogens (tertiary/aromatic N) is 3. The van der Waals surface area contributed by atoms with E-state index in [1.54, 1.807) is 39.8 Å². The smallest absolute Gasteiger partial charge is 0.287 e. The van der Waals surface area contributed by atoms with Gasteiger partial charge in [0.2, 0.25) is 5.91 Å². The van der Waals surface area contributed by atoms with Crippen LogP contribution in [0.4, 0.5) is 5.69 Å². The molecule has 278 valence electrons. The van der Waals surface area contributed by atoms with Crippen molar-refractivity contribution in [3.8, 4) is 5.75 Å². The Balaban J connectivity index is 1.48. The number of halogens is 1. The molecule has 2 amide bonds. The number of hydrogen-bond donors (Lipinski definition) is 1. The molecule has 2 aromatic carbocycles. The van der Waals surface area contributed by atoms with Gasteiger partial charge in [0.25, 0.3) is 5.91 Å². The van der Waals surface area contributed by atoms with E-state index < -0.39 is 33.2 Å². The van der Waals surface area contributed by atoms with Gasteiger partial charge in [0.1, 0.15) is 11.4 Å². The second kappa shape index (κ2) is 15.2. The Bertz CT molecular complexity index is 1790. The lowest BCUT2D eigenvalue weighted by Crippen LogP contribution is -2.49. The Morgan fingerprint density at radius 1 is 1.20 bits per heavy atom. The summed E-state index contributed by atoms with van der Waals surface area (Å²) in [4.78, 5) is 31.6. The van der Waals surface area contributed by atoms with Gasteiger partial charge in [-0.15, -0.1) is 4.36 Å². The summed E-state index contributed by atoms with van der Waals surface area (Å²) in [6, 6.07) is 11.5. The van der Waals surface area contributed by atoms with Crippen molar-refractivity contribution in [2.24, 2.45) is 22.1 Å². The lowest BCUT2D eigenvalue weighted by molar-refractivity contribution is -0.137. The molecular weight excluding hydrogens is 688 g/mol. The number of ether oxygens (including phenoxy) is 3. The van der Waals surface area contributed by atoms with Crippen molar-refractivity contribution >= 4 is 39.0 Å². The molecule has 2 heterocycles. The molecule has 51 heavy (non-hydrogen) atoms. The van der Waals surface area contributed by atoms with Crippen LogP contribution in [0.5, 0.6) is 5.75 Å². The summed E-state index contributed by atoms with van der Waals surface area (Å²) in [5.74, 6) is -0.411. The largest absolute Gasteiger partial charge is 0.490 e. The van der Waals surface area contributed by atoms with Crippen molar-refractivity contribution < 1.29 is 28.0 Å². The summed E-state index contributed by atoms with van der Waals surface area (Å²) in [5.41, 5.74) is 1.58. The van der Waals surface area contributed by atoms with E-state index in [2.05, 4.69) is 37.1 Å². The van der Waals surface area contributed by atoms with Gasteiger partial charge in [-0.05, 0) is 113 Å². The van der Waals surface area contributed by atoms with Crippen LogP contribution < -0.4 is 14.4 Å². The fourth-order valence-corrected chi connectivity index (χ4v) is 9.57. The minimum Gasteiger partial charge on any atom is -0.490 e. The fourth-order valence-electron chi connectivity index (χ4n) is 7.62. The second-order valence-corrected chi connectivity index (χ2v) is 18.0. The summed E-state index contributed by atoms with van der Waals surface area (Å²) in [6.45, 7) is 10.1. The molecule has 6 rings (SSSR count). The molecule has 2 aliphatic heterocycles. The number of likely N-dealkylation sites (N-methyl/N-ethyl adjacent to an activating group) is 1. The zero-order valence-corrected chi connectivity index (χ0v) is 32.4. The van der Waals surface area contributed by atoms with Crippen LogP contribution in [-0.4, -0.2) is 86.2 Å². The van der Waals surface area contributed by atoms with Gasteiger partial charge in [0.05, 0.1) is 36.5 Å². The Morgan fingerprint density at radius 2 is 2.00 bits per heavy atom. The topological polar surface area (TPSA) is 110 Å². The third kappa shape index (κ3) is 8.18. The predicted octanol–water partition coefficient (Wildman–Crippen LogP) is 6.19. The highest BCUT2D eigenvalue weighted by molar-refractivity contribution is 7.92. The van der Waals surface area contributed by atoms with Gasteiger partial charge in [0.15, 0.2) is 9.92 Å². The van der Waals surface area contributed by atoms with E-state index in [-0.39, 0.29) is 28.9 Å². The molecule has 0 aromatic heterocycles. The molecule has 0 saturated heterocycles. The first-order valence-electron chi connectivity index (χ1n) is 18.2. The van der Waals surface area contributed by atoms with Crippen LogP contribution in [0.2, 0.25) is 5.02 Å². The number of carbonyl (C=O) groups excluding carboxylic acids is 2. The molecule has 4 aliphatic rings. The van der Waals surface area contributed by atoms with E-state index in [9.17, 15) is 13.8 Å². The van der Waals surface area contributed by atoms with E-state index in [0.29, 0.717) is 31.4 Å². The molecule has 1 unspecified atom stereocenters. The Hall–Kier alpha value is -2.96. The summed E-state index contributed by atoms with van der Waals surface area (Å²) in [5, 5.41) is 0.731. The van der Waals surface area contributed by atoms with E-state index in [4.69, 9.17) is 25.8 Å². The van der Waals surface area contributed by atoms with E-state index in [0.717, 1.165) is 55.9 Å². The first-order chi connectivity index (χ1) is 24.2. The quantitative estimate of drug-likeness (QED) is 0.350. The maximum absolute atomic E-state index is 14.9. The minimum atomic E-state index is -3.76. The van der Waals surface area contributed by atoms with Gasteiger partial charge in [-0.2, -0.15) is 0 Å². The molecule has 5 atom stereocenters. The third-order valence-electron chi connectivity index (χ3n) is 10.9. The Kier molecular flexibility index (Phi) is 11.2. The molecule has 10 nitrogen and oxygen atoms in total. The van der Waals surface area contributed by atoms with Gasteiger partial charge >= 0.3 is 0 Å². The third-order valence-corrected chi connectivity index (χ3v) is 12.9. The average Bonchev–Trinajstić information content (AvgIpc) is 3.20. The Morgan fingerprint density at radius 3 is 2.73 bits per heavy atom. The van der Waals surface area contributed by atoms with Crippen molar-refractivity contribution in [3.05, 3.63) is 64.7 Å². The maximum Gasteiger partial charge on any atom is 0.287 e. The number of nitrogens with one attached hydrogen (secondary N) is 1. The van der Waals surface area contributed by atoms with Gasteiger partial charge in [-0.3, -0.25) is 14.3 Å². The highest BCUT2D eigenvalue weighted by Gasteiger charge is 2.45. The standard InChI is InChI=1S/C39H53ClN4O6S/c1-26(2)36(45)41-51(47)30-13-16-35-33(22-30)44(24-39(25-49-35)17-7-9-27-21-29(40)12-15-32(27)39)23-28-11-14-31(28)34(48-20-18-43(5)6)10-8-19-50-38(3,4)37(46)42-51/h8,10,12-13,15-16,21-22,26,28,31,34H,7,9,11,14,17-20,23-25H2,1-6H3,(H,41,42,45,46,47)/t28-,31+,34-,39-,51?/m0/s1. The van der Waals surface area contributed by atoms with Gasteiger partial charge in [0, 0.05) is 36.0 Å². The molecule has 1 spiro atoms. The Labute approximate surface area is 308 Å². The monoisotopic (exact) mass is 740 g/mol. The molecule has 1 saturated carbocycles. The second-order valence-electron chi connectivity index (χ2n) is 15.7. The highest BCUT2D eigenvalue weighted by Crippen LogP contribution is 2.47. The lowest BCUT2D eigenvalue weighted by atomic mass is 9.68. The zero-order chi connectivity index (χ0) is 36.6. The highest BCUT2D eigenvalue weighted by atomic mass is 35.5. The molecule has 1 N–H and O–H groups in total. The molecule has 2 aromatic rings. The summed E-state index contributed by atoms with van der Waals surface area (Å²) >= 11 is 6.48. The van der Waals surface area contributed by atoms with Crippen LogP contribution >= 0.6 is 11.6 Å². The van der Waals surface area contributed by atoms with Crippen LogP contribution in [0.15, 0.2) is 57.8 Å². The zero-order valence-electron chi connectivity index (χ0n) is 30.8. The van der Waals surface area contributed by atoms with Crippen LogP contribution in [0.25, 0.3) is 0 Å². The van der Waals surface area contributed by atoms with Crippen molar-refractivity contribution in [2.75, 3.05) is 58.5 Å². The van der Waals surface area contributed by atoms with Crippen molar-refractivity contribution in [1.29, 1.82) is 0 Å². The van der Waals surface area contributed by atoms with Crippen molar-refractivity contribution in [3.63, 3.8) is 0 Å². The van der Waals surface area contributed by atoms with E-state index in [1.807, 2.05) is 32.3 Å². The maximum atomic E-state index is 14.9. The number of benzene rings is 2. The number of aryl methyl sites for hydroxylation is 1. The van der Waals surface area contributed by atoms with Gasteiger partial charge in [-0.25, -0.2) is 4.21 Å². The lowest BCUT2D eigenvalue weighted by Gasteiger charge is -2.46. The number of rotatable bonds is 6. The fraction of sp³-hybridized carbons (Fsp3) is 0.590. The summed E-state index contributed by atoms with van der Waals surface area (Å²) < 4.78 is 41.0. The number of anilines is 1. The SMILES string of the molecule is CC(C)C(=O)NS1(=O)=NC(=O)C(C)(C)OCC=C[C@H](OCCN(C)C)[C@@H]2CC[C@H]2CN2C[C@@]3(CCCc4cc(Cl)ccc43)COc3ccc1cc32. The normalized spacial score (nSPS) is 29.0. The molecule has 1 fully saturated rings. The van der Waals surface area contributed by atoms with E-state index >= 15 is 0 Å². The molecular formula is C39H53ClN4O6S. The van der Waals surface area contributed by atoms with Crippen LogP contribution in [0.1, 0.15) is 64.5 Å². The van der Waals surface area contributed by atoms with Gasteiger partial charge in [-0.1, -0.05) is 43.7 Å². The molecule has 2 bridgehead atoms. The summed E-state index contributed by atoms with van der Waals surface area (Å²) in [6.07, 6.45) is 8.87. The predicted molar refractivity (Wildman–Crippen MR) is 201 cm³/mol. The average molecular weight is 741 g/mol. The van der Waals surface area contributed by atoms with Crippen molar-refractivity contribution in [1.82, 2.24) is 9.62 Å². The summed E-state index contributed by atoms with van der Waals surface area (Å²) in [7, 11) is 0.313. The number of carbonyl (C=O) groups is 2. The minimum absolute atomic E-state index is 0.116. The first-order valence-corrected chi connectivity index (χ1v) is 20.1. The number of amides is 2. The van der Waals surface area contributed by atoms with Crippen molar-refractivity contribution in [2.45, 2.75) is 81.8 Å². The number of fused-ring (bicyclic) bond motifs is 4. The molecule has 2 aliphatic carbocycles. The van der Waals surface area contributed by atoms with Gasteiger partial charge < -0.3 is 24.0 Å². The van der Waals surface area contributed by atoms with Crippen LogP contribution in [-0.2, 0) is 40.8 Å². The van der Waals surface area contributed by atoms with Crippen LogP contribution in [0.3, 0.4) is 0 Å².